The quantitative estimate of drug-likeness (QED) is 0.740. The van der Waals surface area contributed by atoms with Crippen LogP contribution in [0, 0.1) is 0 Å². The Bertz CT molecular complexity index is 433. The molecule has 2 rings (SSSR count). The molecule has 1 atom stereocenters. The van der Waals surface area contributed by atoms with E-state index in [1.807, 2.05) is 6.07 Å². The first-order chi connectivity index (χ1) is 9.72. The Hall–Kier alpha value is -1.40. The number of rotatable bonds is 6. The number of aromatic nitrogens is 1. The van der Waals surface area contributed by atoms with Crippen LogP contribution in [-0.4, -0.2) is 42.8 Å². The van der Waals surface area contributed by atoms with Crippen LogP contribution >= 0.6 is 0 Å². The van der Waals surface area contributed by atoms with Crippen LogP contribution in [0.4, 0.5) is 0 Å². The average molecular weight is 282 g/mol. The monoisotopic (exact) mass is 282 g/mol. The van der Waals surface area contributed by atoms with Crippen LogP contribution in [0.25, 0.3) is 0 Å². The fraction of sp³-hybridized carbons (Fsp3) is 0.714. The Morgan fingerprint density at radius 2 is 2.35 bits per heavy atom. The van der Waals surface area contributed by atoms with Crippen LogP contribution in [0.15, 0.2) is 10.6 Å². The summed E-state index contributed by atoms with van der Waals surface area (Å²) < 4.78 is 15.0. The van der Waals surface area contributed by atoms with E-state index in [1.165, 1.54) is 7.11 Å². The minimum atomic E-state index is -0.151. The SMILES string of the molecule is COCc1cc(CN2CCCCC2CC(=O)OC)no1. The van der Waals surface area contributed by atoms with Crippen LogP contribution in [0.2, 0.25) is 0 Å². The largest absolute Gasteiger partial charge is 0.469 e. The van der Waals surface area contributed by atoms with Crippen molar-refractivity contribution in [3.63, 3.8) is 0 Å². The van der Waals surface area contributed by atoms with Gasteiger partial charge in [0, 0.05) is 25.8 Å². The Balaban J connectivity index is 1.95. The molecular formula is C14H22N2O4. The number of esters is 1. The number of carbonyl (C=O) groups is 1. The number of hydrogen-bond acceptors (Lipinski definition) is 6. The zero-order valence-electron chi connectivity index (χ0n) is 12.1. The van der Waals surface area contributed by atoms with Gasteiger partial charge in [-0.15, -0.1) is 0 Å². The second kappa shape index (κ2) is 7.40. The fourth-order valence-corrected chi connectivity index (χ4v) is 2.62. The number of hydrogen-bond donors (Lipinski definition) is 0. The molecule has 0 aliphatic carbocycles. The number of methoxy groups -OCH3 is 2. The lowest BCUT2D eigenvalue weighted by atomic mass is 9.99. The van der Waals surface area contributed by atoms with Gasteiger partial charge in [0.25, 0.3) is 0 Å². The lowest BCUT2D eigenvalue weighted by Crippen LogP contribution is -2.40. The Kier molecular flexibility index (Phi) is 5.55. The van der Waals surface area contributed by atoms with Gasteiger partial charge in [0.1, 0.15) is 6.61 Å². The Labute approximate surface area is 119 Å². The van der Waals surface area contributed by atoms with E-state index in [0.29, 0.717) is 19.6 Å². The summed E-state index contributed by atoms with van der Waals surface area (Å²) >= 11 is 0. The lowest BCUT2D eigenvalue weighted by Gasteiger charge is -2.34. The van der Waals surface area contributed by atoms with Crippen molar-refractivity contribution in [1.82, 2.24) is 10.1 Å². The molecule has 2 heterocycles. The number of nitrogens with zero attached hydrogens (tertiary/aromatic N) is 2. The third-order valence-electron chi connectivity index (χ3n) is 3.64. The summed E-state index contributed by atoms with van der Waals surface area (Å²) in [7, 11) is 3.06. The van der Waals surface area contributed by atoms with Crippen LogP contribution < -0.4 is 0 Å². The van der Waals surface area contributed by atoms with Crippen molar-refractivity contribution >= 4 is 5.97 Å². The minimum absolute atomic E-state index is 0.151. The van der Waals surface area contributed by atoms with E-state index in [-0.39, 0.29) is 12.0 Å². The van der Waals surface area contributed by atoms with Crippen molar-refractivity contribution in [3.05, 3.63) is 17.5 Å². The summed E-state index contributed by atoms with van der Waals surface area (Å²) in [5.41, 5.74) is 0.883. The molecule has 1 fully saturated rings. The summed E-state index contributed by atoms with van der Waals surface area (Å²) in [5, 5.41) is 4.05. The second-order valence-electron chi connectivity index (χ2n) is 5.12. The van der Waals surface area contributed by atoms with Gasteiger partial charge in [-0.1, -0.05) is 11.6 Å². The molecule has 1 unspecified atom stereocenters. The zero-order chi connectivity index (χ0) is 14.4. The maximum Gasteiger partial charge on any atom is 0.307 e. The fourth-order valence-electron chi connectivity index (χ4n) is 2.62. The van der Waals surface area contributed by atoms with Crippen molar-refractivity contribution in [2.45, 2.75) is 44.9 Å². The molecule has 1 aliphatic rings. The maximum atomic E-state index is 11.5. The zero-order valence-corrected chi connectivity index (χ0v) is 12.1. The highest BCUT2D eigenvalue weighted by molar-refractivity contribution is 5.69. The van der Waals surface area contributed by atoms with E-state index >= 15 is 0 Å². The van der Waals surface area contributed by atoms with Crippen molar-refractivity contribution < 1.29 is 18.8 Å². The Morgan fingerprint density at radius 1 is 1.50 bits per heavy atom. The predicted octanol–water partition coefficient (Wildman–Crippen LogP) is 1.74. The molecule has 1 aromatic heterocycles. The highest BCUT2D eigenvalue weighted by atomic mass is 16.5. The van der Waals surface area contributed by atoms with Crippen molar-refractivity contribution in [3.8, 4) is 0 Å². The molecule has 0 aromatic carbocycles. The average Bonchev–Trinajstić information content (AvgIpc) is 2.88. The van der Waals surface area contributed by atoms with Crippen LogP contribution in [0.1, 0.15) is 37.1 Å². The van der Waals surface area contributed by atoms with Crippen molar-refractivity contribution in [2.75, 3.05) is 20.8 Å². The highest BCUT2D eigenvalue weighted by Crippen LogP contribution is 2.22. The molecule has 20 heavy (non-hydrogen) atoms. The van der Waals surface area contributed by atoms with E-state index < -0.39 is 0 Å². The summed E-state index contributed by atoms with van der Waals surface area (Å²) in [5.74, 6) is 0.575. The molecule has 1 aliphatic heterocycles. The minimum Gasteiger partial charge on any atom is -0.469 e. The van der Waals surface area contributed by atoms with Crippen molar-refractivity contribution in [2.24, 2.45) is 0 Å². The first-order valence-corrected chi connectivity index (χ1v) is 6.97. The highest BCUT2D eigenvalue weighted by Gasteiger charge is 2.25. The molecule has 0 amide bonds. The van der Waals surface area contributed by atoms with E-state index in [9.17, 15) is 4.79 Å². The van der Waals surface area contributed by atoms with Gasteiger partial charge in [-0.2, -0.15) is 0 Å². The van der Waals surface area contributed by atoms with Gasteiger partial charge in [0.15, 0.2) is 5.76 Å². The van der Waals surface area contributed by atoms with Gasteiger partial charge in [-0.05, 0) is 19.4 Å². The van der Waals surface area contributed by atoms with E-state index in [2.05, 4.69) is 10.1 Å². The second-order valence-corrected chi connectivity index (χ2v) is 5.12. The van der Waals surface area contributed by atoms with E-state index in [0.717, 1.165) is 37.3 Å². The molecular weight excluding hydrogens is 260 g/mol. The third kappa shape index (κ3) is 4.05. The molecule has 1 aromatic rings. The molecule has 1 saturated heterocycles. The summed E-state index contributed by atoms with van der Waals surface area (Å²) in [4.78, 5) is 13.8. The molecule has 0 saturated carbocycles. The standard InChI is InChI=1S/C14H22N2O4/c1-18-10-13-7-11(15-20-13)9-16-6-4-3-5-12(16)8-14(17)19-2/h7,12H,3-6,8-10H2,1-2H3. The molecule has 0 spiro atoms. The number of ether oxygens (including phenoxy) is 2. The molecule has 6 heteroatoms. The van der Waals surface area contributed by atoms with Crippen molar-refractivity contribution in [1.29, 1.82) is 0 Å². The van der Waals surface area contributed by atoms with E-state index in [4.69, 9.17) is 14.0 Å². The normalized spacial score (nSPS) is 20.0. The van der Waals surface area contributed by atoms with Gasteiger partial charge in [0.2, 0.25) is 0 Å². The van der Waals surface area contributed by atoms with E-state index in [1.54, 1.807) is 7.11 Å². The number of carbonyl (C=O) groups excluding carboxylic acids is 1. The Morgan fingerprint density at radius 3 is 3.10 bits per heavy atom. The number of likely N-dealkylation sites (tertiary alicyclic amines) is 1. The lowest BCUT2D eigenvalue weighted by molar-refractivity contribution is -0.142. The summed E-state index contributed by atoms with van der Waals surface area (Å²) in [6.07, 6.45) is 3.78. The van der Waals surface area contributed by atoms with Gasteiger partial charge in [0.05, 0.1) is 19.2 Å². The molecule has 0 bridgehead atoms. The van der Waals surface area contributed by atoms with Crippen LogP contribution in [0.5, 0.6) is 0 Å². The molecule has 6 nitrogen and oxygen atoms in total. The summed E-state index contributed by atoms with van der Waals surface area (Å²) in [6, 6.07) is 2.15. The van der Waals surface area contributed by atoms with Crippen LogP contribution in [-0.2, 0) is 27.4 Å². The number of piperidine rings is 1. The maximum absolute atomic E-state index is 11.5. The van der Waals surface area contributed by atoms with Gasteiger partial charge in [-0.3, -0.25) is 9.69 Å². The topological polar surface area (TPSA) is 64.8 Å². The third-order valence-corrected chi connectivity index (χ3v) is 3.64. The smallest absolute Gasteiger partial charge is 0.307 e. The first kappa shape index (κ1) is 15.0. The molecule has 0 radical (unpaired) electrons. The van der Waals surface area contributed by atoms with Crippen LogP contribution in [0.3, 0.4) is 0 Å². The van der Waals surface area contributed by atoms with Gasteiger partial charge >= 0.3 is 5.97 Å². The predicted molar refractivity (Wildman–Crippen MR) is 71.9 cm³/mol. The van der Waals surface area contributed by atoms with Gasteiger partial charge in [-0.25, -0.2) is 0 Å². The first-order valence-electron chi connectivity index (χ1n) is 6.97. The van der Waals surface area contributed by atoms with Gasteiger partial charge < -0.3 is 14.0 Å². The molecule has 112 valence electrons. The molecule has 0 N–H and O–H groups in total. The summed E-state index contributed by atoms with van der Waals surface area (Å²) in [6.45, 7) is 2.11.